The summed E-state index contributed by atoms with van der Waals surface area (Å²) in [6, 6.07) is 0. The number of ether oxygens (including phenoxy) is 1. The van der Waals surface area contributed by atoms with Crippen LogP contribution in [0.2, 0.25) is 0 Å². The molecule has 0 spiro atoms. The van der Waals surface area contributed by atoms with E-state index in [4.69, 9.17) is 0 Å². The zero-order valence-corrected chi connectivity index (χ0v) is 4.30. The van der Waals surface area contributed by atoms with Crippen LogP contribution >= 0.6 is 0 Å². The van der Waals surface area contributed by atoms with E-state index in [1.165, 1.54) is 0 Å². The van der Waals surface area contributed by atoms with E-state index < -0.39 is 12.5 Å². The van der Waals surface area contributed by atoms with Gasteiger partial charge in [0, 0.05) is 6.92 Å². The summed E-state index contributed by atoms with van der Waals surface area (Å²) in [5.74, 6) is 0. The van der Waals surface area contributed by atoms with Crippen molar-refractivity contribution in [2.45, 2.75) is 19.4 Å². The maximum absolute atomic E-state index is 11.3. The van der Waals surface area contributed by atoms with Gasteiger partial charge in [0.2, 0.25) is 0 Å². The van der Waals surface area contributed by atoms with Crippen LogP contribution in [0.3, 0.4) is 0 Å². The van der Waals surface area contributed by atoms with Gasteiger partial charge in [0.25, 0.3) is 0 Å². The molecule has 0 saturated carbocycles. The van der Waals surface area contributed by atoms with Crippen molar-refractivity contribution in [2.75, 3.05) is 0 Å². The largest absolute Gasteiger partial charge is 0.527 e. The second kappa shape index (κ2) is 2.09. The molecular formula is C3H3F5O. The van der Waals surface area contributed by atoms with Gasteiger partial charge in [-0.1, -0.05) is 0 Å². The van der Waals surface area contributed by atoms with Gasteiger partial charge in [-0.3, -0.25) is 0 Å². The Morgan fingerprint density at radius 2 is 1.33 bits per heavy atom. The summed E-state index contributed by atoms with van der Waals surface area (Å²) >= 11 is 0. The fraction of sp³-hybridized carbons (Fsp3) is 1.00. The van der Waals surface area contributed by atoms with Gasteiger partial charge in [-0.05, 0) is 0 Å². The number of hydrogen-bond acceptors (Lipinski definition) is 1. The van der Waals surface area contributed by atoms with Gasteiger partial charge >= 0.3 is 12.5 Å². The van der Waals surface area contributed by atoms with E-state index in [2.05, 4.69) is 4.74 Å². The summed E-state index contributed by atoms with van der Waals surface area (Å²) in [6.45, 7) is 0.0144. The van der Waals surface area contributed by atoms with Gasteiger partial charge in [-0.15, -0.1) is 13.2 Å². The zero-order valence-electron chi connectivity index (χ0n) is 4.30. The lowest BCUT2D eigenvalue weighted by Crippen LogP contribution is -2.26. The average Bonchev–Trinajstić information content (AvgIpc) is 1.14. The van der Waals surface area contributed by atoms with Gasteiger partial charge < -0.3 is 0 Å². The Morgan fingerprint density at radius 3 is 1.33 bits per heavy atom. The van der Waals surface area contributed by atoms with Gasteiger partial charge in [-0.2, -0.15) is 8.78 Å². The summed E-state index contributed by atoms with van der Waals surface area (Å²) in [4.78, 5) is 0. The van der Waals surface area contributed by atoms with Crippen LogP contribution in [-0.2, 0) is 4.74 Å². The van der Waals surface area contributed by atoms with Crippen molar-refractivity contribution in [2.24, 2.45) is 0 Å². The lowest BCUT2D eigenvalue weighted by molar-refractivity contribution is -0.419. The smallest absolute Gasteiger partial charge is 0.226 e. The summed E-state index contributed by atoms with van der Waals surface area (Å²) in [6.07, 6.45) is -9.41. The third-order valence-corrected chi connectivity index (χ3v) is 0.295. The molecule has 0 unspecified atom stereocenters. The first-order valence-corrected chi connectivity index (χ1v) is 1.85. The molecule has 0 amide bonds. The first-order valence-electron chi connectivity index (χ1n) is 1.85. The van der Waals surface area contributed by atoms with Crippen molar-refractivity contribution in [1.82, 2.24) is 0 Å². The Labute approximate surface area is 47.4 Å². The Balaban J connectivity index is 3.75. The first kappa shape index (κ1) is 8.61. The van der Waals surface area contributed by atoms with Gasteiger partial charge in [0.1, 0.15) is 0 Å². The molecule has 0 aliphatic rings. The van der Waals surface area contributed by atoms with Crippen molar-refractivity contribution in [1.29, 1.82) is 0 Å². The van der Waals surface area contributed by atoms with Gasteiger partial charge in [0.05, 0.1) is 0 Å². The number of rotatable bonds is 1. The highest BCUT2D eigenvalue weighted by Gasteiger charge is 2.40. The molecule has 0 fully saturated rings. The van der Waals surface area contributed by atoms with Crippen molar-refractivity contribution in [3.05, 3.63) is 0 Å². The van der Waals surface area contributed by atoms with Gasteiger partial charge in [-0.25, -0.2) is 4.74 Å². The number of halogens is 5. The van der Waals surface area contributed by atoms with Crippen LogP contribution in [0.4, 0.5) is 22.0 Å². The molecule has 0 atom stereocenters. The van der Waals surface area contributed by atoms with Crippen molar-refractivity contribution in [3.63, 3.8) is 0 Å². The normalized spacial score (nSPS) is 14.0. The molecule has 6 heteroatoms. The third kappa shape index (κ3) is 7.61. The number of hydrogen-bond donors (Lipinski definition) is 0. The molecule has 0 heterocycles. The highest BCUT2D eigenvalue weighted by atomic mass is 19.4. The summed E-state index contributed by atoms with van der Waals surface area (Å²) < 4.78 is 57.4. The Hall–Kier alpha value is -0.390. The highest BCUT2D eigenvalue weighted by Crippen LogP contribution is 2.26. The monoisotopic (exact) mass is 150 g/mol. The van der Waals surface area contributed by atoms with Crippen LogP contribution in [0.15, 0.2) is 0 Å². The molecule has 0 aromatic heterocycles. The second-order valence-corrected chi connectivity index (χ2v) is 1.36. The van der Waals surface area contributed by atoms with Crippen molar-refractivity contribution in [3.8, 4) is 0 Å². The standard InChI is InChI=1S/C3H3F5O/c1-2(4,5)9-3(6,7)8/h1H3. The van der Waals surface area contributed by atoms with E-state index in [9.17, 15) is 22.0 Å². The van der Waals surface area contributed by atoms with Crippen LogP contribution in [0.1, 0.15) is 6.92 Å². The average molecular weight is 150 g/mol. The molecule has 0 aliphatic carbocycles. The van der Waals surface area contributed by atoms with Crippen molar-refractivity contribution >= 4 is 0 Å². The molecule has 0 aliphatic heterocycles. The summed E-state index contributed by atoms with van der Waals surface area (Å²) in [7, 11) is 0. The van der Waals surface area contributed by atoms with E-state index in [-0.39, 0.29) is 6.92 Å². The van der Waals surface area contributed by atoms with Crippen molar-refractivity contribution < 1.29 is 26.7 Å². The predicted octanol–water partition coefficient (Wildman–Crippen LogP) is 2.14. The maximum Gasteiger partial charge on any atom is 0.527 e. The van der Waals surface area contributed by atoms with E-state index in [0.29, 0.717) is 0 Å². The summed E-state index contributed by atoms with van der Waals surface area (Å²) in [5, 5.41) is 0. The predicted molar refractivity (Wildman–Crippen MR) is 17.8 cm³/mol. The highest BCUT2D eigenvalue weighted by molar-refractivity contribution is 4.39. The maximum atomic E-state index is 11.3. The molecule has 1 nitrogen and oxygen atoms in total. The number of alkyl halides is 5. The molecule has 0 radical (unpaired) electrons. The van der Waals surface area contributed by atoms with Crippen LogP contribution in [0.5, 0.6) is 0 Å². The fourth-order valence-corrected chi connectivity index (χ4v) is 0.203. The Kier molecular flexibility index (Phi) is 2.00. The van der Waals surface area contributed by atoms with Crippen LogP contribution in [-0.4, -0.2) is 12.5 Å². The molecule has 56 valence electrons. The molecular weight excluding hydrogens is 147 g/mol. The zero-order chi connectivity index (χ0) is 7.71. The molecule has 0 saturated heterocycles. The lowest BCUT2D eigenvalue weighted by atomic mass is 10.7. The van der Waals surface area contributed by atoms with E-state index in [0.717, 1.165) is 0 Å². The Morgan fingerprint density at radius 1 is 1.00 bits per heavy atom. The molecule has 0 aromatic carbocycles. The Bertz CT molecular complexity index is 77.4. The minimum Gasteiger partial charge on any atom is -0.226 e. The quantitative estimate of drug-likeness (QED) is 0.520. The molecule has 0 rings (SSSR count). The first-order chi connectivity index (χ1) is 3.71. The molecule has 0 aromatic rings. The molecule has 9 heavy (non-hydrogen) atoms. The lowest BCUT2D eigenvalue weighted by Gasteiger charge is -2.12. The van der Waals surface area contributed by atoms with Gasteiger partial charge in [0.15, 0.2) is 0 Å². The van der Waals surface area contributed by atoms with Crippen LogP contribution < -0.4 is 0 Å². The molecule has 0 bridgehead atoms. The molecule has 0 N–H and O–H groups in total. The van der Waals surface area contributed by atoms with Crippen LogP contribution in [0.25, 0.3) is 0 Å². The topological polar surface area (TPSA) is 9.23 Å². The summed E-state index contributed by atoms with van der Waals surface area (Å²) in [5.41, 5.74) is 0. The second-order valence-electron chi connectivity index (χ2n) is 1.36. The van der Waals surface area contributed by atoms with E-state index in [1.807, 2.05) is 0 Å². The van der Waals surface area contributed by atoms with Crippen LogP contribution in [0, 0.1) is 0 Å². The fourth-order valence-electron chi connectivity index (χ4n) is 0.203. The van der Waals surface area contributed by atoms with E-state index in [1.54, 1.807) is 0 Å². The van der Waals surface area contributed by atoms with E-state index >= 15 is 0 Å². The minimum atomic E-state index is -5.27. The SMILES string of the molecule is CC(F)(F)OC(F)(F)F. The minimum absolute atomic E-state index is 0.0144. The third-order valence-electron chi connectivity index (χ3n) is 0.295.